The fourth-order valence-electron chi connectivity index (χ4n) is 1.69. The lowest BCUT2D eigenvalue weighted by molar-refractivity contribution is 0.657. The van der Waals surface area contributed by atoms with Gasteiger partial charge in [-0.15, -0.1) is 0 Å². The first-order chi connectivity index (χ1) is 7.56. The lowest BCUT2D eigenvalue weighted by atomic mass is 10.0. The molecule has 0 saturated heterocycles. The molecule has 1 nitrogen and oxygen atoms in total. The summed E-state index contributed by atoms with van der Waals surface area (Å²) in [6.07, 6.45) is 4.14. The van der Waals surface area contributed by atoms with E-state index in [1.165, 1.54) is 16.7 Å². The van der Waals surface area contributed by atoms with Crippen molar-refractivity contribution in [2.24, 2.45) is 5.73 Å². The van der Waals surface area contributed by atoms with Crippen LogP contribution in [0.15, 0.2) is 48.5 Å². The Kier molecular flexibility index (Phi) is 2.80. The van der Waals surface area contributed by atoms with Crippen molar-refractivity contribution >= 4 is 6.08 Å². The van der Waals surface area contributed by atoms with Crippen molar-refractivity contribution in [2.45, 2.75) is 19.4 Å². The van der Waals surface area contributed by atoms with E-state index < -0.39 is 0 Å². The summed E-state index contributed by atoms with van der Waals surface area (Å²) in [4.78, 5) is 0. The SMILES string of the molecule is CC(C)(N)C=Cc1ccc2cccccc1-2. The summed E-state index contributed by atoms with van der Waals surface area (Å²) >= 11 is 0. The van der Waals surface area contributed by atoms with Crippen molar-refractivity contribution in [3.8, 4) is 11.1 Å². The zero-order valence-electron chi connectivity index (χ0n) is 9.77. The van der Waals surface area contributed by atoms with Gasteiger partial charge in [-0.05, 0) is 30.5 Å². The highest BCUT2D eigenvalue weighted by Crippen LogP contribution is 2.28. The van der Waals surface area contributed by atoms with Crippen LogP contribution in [0.1, 0.15) is 19.4 Å². The summed E-state index contributed by atoms with van der Waals surface area (Å²) < 4.78 is 0. The maximum Gasteiger partial charge on any atom is 0.0284 e. The number of nitrogens with two attached hydrogens (primary N) is 1. The van der Waals surface area contributed by atoms with Gasteiger partial charge in [0.05, 0.1) is 0 Å². The van der Waals surface area contributed by atoms with Crippen molar-refractivity contribution < 1.29 is 0 Å². The molecule has 2 aliphatic carbocycles. The van der Waals surface area contributed by atoms with E-state index in [2.05, 4.69) is 42.5 Å². The van der Waals surface area contributed by atoms with Gasteiger partial charge in [0.1, 0.15) is 0 Å². The summed E-state index contributed by atoms with van der Waals surface area (Å²) in [7, 11) is 0. The molecule has 16 heavy (non-hydrogen) atoms. The van der Waals surface area contributed by atoms with E-state index in [4.69, 9.17) is 5.73 Å². The predicted molar refractivity (Wildman–Crippen MR) is 70.4 cm³/mol. The molecule has 2 aliphatic rings. The third kappa shape index (κ3) is 2.50. The largest absolute Gasteiger partial charge is 0.322 e. The number of rotatable bonds is 2. The smallest absolute Gasteiger partial charge is 0.0284 e. The molecule has 0 atom stereocenters. The van der Waals surface area contributed by atoms with Gasteiger partial charge in [-0.1, -0.05) is 54.6 Å². The van der Waals surface area contributed by atoms with Gasteiger partial charge >= 0.3 is 0 Å². The van der Waals surface area contributed by atoms with E-state index in [0.29, 0.717) is 0 Å². The van der Waals surface area contributed by atoms with E-state index in [-0.39, 0.29) is 5.54 Å². The standard InChI is InChI=1S/C15H17N/c1-15(2,16)11-10-13-9-8-12-6-4-3-5-7-14(12)13/h3-11H,16H2,1-2H3. The van der Waals surface area contributed by atoms with Gasteiger partial charge in [-0.2, -0.15) is 0 Å². The molecule has 0 aromatic carbocycles. The van der Waals surface area contributed by atoms with Gasteiger partial charge in [0.2, 0.25) is 0 Å². The lowest BCUT2D eigenvalue weighted by Crippen LogP contribution is -2.28. The van der Waals surface area contributed by atoms with E-state index in [1.54, 1.807) is 0 Å². The second-order valence-electron chi connectivity index (χ2n) is 4.72. The van der Waals surface area contributed by atoms with Crippen LogP contribution >= 0.6 is 0 Å². The van der Waals surface area contributed by atoms with Crippen molar-refractivity contribution in [2.75, 3.05) is 0 Å². The molecule has 2 N–H and O–H groups in total. The predicted octanol–water partition coefficient (Wildman–Crippen LogP) is 3.54. The molecule has 1 heteroatoms. The maximum atomic E-state index is 5.93. The van der Waals surface area contributed by atoms with Crippen LogP contribution in [0.3, 0.4) is 0 Å². The Hall–Kier alpha value is -1.60. The highest BCUT2D eigenvalue weighted by atomic mass is 14.7. The molecular formula is C15H17N. The minimum absolute atomic E-state index is 0.263. The third-order valence-electron chi connectivity index (χ3n) is 2.52. The van der Waals surface area contributed by atoms with Gasteiger partial charge in [0, 0.05) is 5.54 Å². The average molecular weight is 211 g/mol. The first-order valence-electron chi connectivity index (χ1n) is 5.52. The molecule has 0 radical (unpaired) electrons. The molecular weight excluding hydrogens is 194 g/mol. The van der Waals surface area contributed by atoms with Gasteiger partial charge in [0.15, 0.2) is 0 Å². The molecule has 0 bridgehead atoms. The normalized spacial score (nSPS) is 12.4. The second kappa shape index (κ2) is 4.11. The Morgan fingerprint density at radius 1 is 1.00 bits per heavy atom. The van der Waals surface area contributed by atoms with E-state index in [0.717, 1.165) is 0 Å². The molecule has 0 heterocycles. The van der Waals surface area contributed by atoms with Gasteiger partial charge in [0.25, 0.3) is 0 Å². The zero-order valence-corrected chi connectivity index (χ0v) is 9.77. The van der Waals surface area contributed by atoms with Crippen LogP contribution < -0.4 is 5.73 Å². The highest BCUT2D eigenvalue weighted by Gasteiger charge is 2.07. The van der Waals surface area contributed by atoms with E-state index >= 15 is 0 Å². The van der Waals surface area contributed by atoms with Crippen molar-refractivity contribution in [1.29, 1.82) is 0 Å². The number of hydrogen-bond acceptors (Lipinski definition) is 1. The topological polar surface area (TPSA) is 26.0 Å². The molecule has 0 aromatic rings. The average Bonchev–Trinajstić information content (AvgIpc) is 2.43. The van der Waals surface area contributed by atoms with Crippen LogP contribution in [-0.4, -0.2) is 5.54 Å². The van der Waals surface area contributed by atoms with Crippen LogP contribution in [-0.2, 0) is 0 Å². The van der Waals surface area contributed by atoms with Gasteiger partial charge < -0.3 is 5.73 Å². The second-order valence-corrected chi connectivity index (χ2v) is 4.72. The summed E-state index contributed by atoms with van der Waals surface area (Å²) in [6.45, 7) is 3.99. The lowest BCUT2D eigenvalue weighted by Gasteiger charge is -2.11. The fraction of sp³-hybridized carbons (Fsp3) is 0.200. The Balaban J connectivity index is 2.39. The molecule has 0 fully saturated rings. The highest BCUT2D eigenvalue weighted by molar-refractivity contribution is 5.78. The quantitative estimate of drug-likeness (QED) is 0.807. The van der Waals surface area contributed by atoms with Crippen LogP contribution in [0.5, 0.6) is 0 Å². The molecule has 2 rings (SSSR count). The Bertz CT molecular complexity index is 477. The minimum Gasteiger partial charge on any atom is -0.322 e. The molecule has 82 valence electrons. The fourth-order valence-corrected chi connectivity index (χ4v) is 1.69. The molecule has 0 unspecified atom stereocenters. The molecule has 0 spiro atoms. The third-order valence-corrected chi connectivity index (χ3v) is 2.52. The number of hydrogen-bond donors (Lipinski definition) is 1. The summed E-state index contributed by atoms with van der Waals surface area (Å²) in [5.41, 5.74) is 9.43. The summed E-state index contributed by atoms with van der Waals surface area (Å²) in [5, 5.41) is 0. The Morgan fingerprint density at radius 3 is 2.50 bits per heavy atom. The van der Waals surface area contributed by atoms with Gasteiger partial charge in [-0.25, -0.2) is 0 Å². The Morgan fingerprint density at radius 2 is 1.75 bits per heavy atom. The van der Waals surface area contributed by atoms with Crippen LogP contribution in [0, 0.1) is 0 Å². The molecule has 0 aliphatic heterocycles. The first-order valence-corrected chi connectivity index (χ1v) is 5.52. The van der Waals surface area contributed by atoms with Crippen molar-refractivity contribution in [1.82, 2.24) is 0 Å². The Labute approximate surface area is 96.9 Å². The van der Waals surface area contributed by atoms with E-state index in [9.17, 15) is 0 Å². The van der Waals surface area contributed by atoms with Crippen LogP contribution in [0.2, 0.25) is 0 Å². The van der Waals surface area contributed by atoms with E-state index in [1.807, 2.05) is 26.0 Å². The molecule has 0 saturated carbocycles. The monoisotopic (exact) mass is 211 g/mol. The maximum absolute atomic E-state index is 5.93. The van der Waals surface area contributed by atoms with Crippen LogP contribution in [0.25, 0.3) is 17.2 Å². The van der Waals surface area contributed by atoms with Gasteiger partial charge in [-0.3, -0.25) is 0 Å². The first kappa shape index (κ1) is 10.9. The zero-order chi connectivity index (χ0) is 11.6. The number of fused-ring (bicyclic) bond motifs is 1. The van der Waals surface area contributed by atoms with Crippen molar-refractivity contribution in [3.05, 3.63) is 54.1 Å². The summed E-state index contributed by atoms with van der Waals surface area (Å²) in [6, 6.07) is 14.7. The summed E-state index contributed by atoms with van der Waals surface area (Å²) in [5.74, 6) is 0. The minimum atomic E-state index is -0.263. The molecule has 0 amide bonds. The van der Waals surface area contributed by atoms with Crippen LogP contribution in [0.4, 0.5) is 0 Å². The molecule has 0 aromatic heterocycles. The van der Waals surface area contributed by atoms with Crippen molar-refractivity contribution in [3.63, 3.8) is 0 Å².